The van der Waals surface area contributed by atoms with Gasteiger partial charge < -0.3 is 15.0 Å². The van der Waals surface area contributed by atoms with E-state index in [2.05, 4.69) is 10.1 Å². The van der Waals surface area contributed by atoms with E-state index in [0.717, 1.165) is 0 Å². The van der Waals surface area contributed by atoms with Gasteiger partial charge >= 0.3 is 12.0 Å². The standard InChI is InChI=1S/C7H9N3O3/c1-13-6(11)3-9-7(12)10-4-5(10)2-8/h5H,3-4H2,1H3,(H,9,12). The Bertz CT molecular complexity index is 271. The van der Waals surface area contributed by atoms with Crippen LogP contribution in [0.4, 0.5) is 4.79 Å². The summed E-state index contributed by atoms with van der Waals surface area (Å²) in [5.41, 5.74) is 0. The molecule has 0 aromatic heterocycles. The summed E-state index contributed by atoms with van der Waals surface area (Å²) in [5, 5.41) is 10.7. The van der Waals surface area contributed by atoms with Gasteiger partial charge in [0, 0.05) is 0 Å². The summed E-state index contributed by atoms with van der Waals surface area (Å²) in [6, 6.07) is 1.18. The Kier molecular flexibility index (Phi) is 2.69. The molecule has 1 unspecified atom stereocenters. The zero-order valence-corrected chi connectivity index (χ0v) is 7.11. The molecule has 0 aromatic carbocycles. The highest BCUT2D eigenvalue weighted by Crippen LogP contribution is 2.14. The number of nitriles is 1. The monoisotopic (exact) mass is 183 g/mol. The summed E-state index contributed by atoms with van der Waals surface area (Å²) in [5.74, 6) is -0.510. The lowest BCUT2D eigenvalue weighted by Crippen LogP contribution is -2.34. The van der Waals surface area contributed by atoms with Crippen LogP contribution in [0.15, 0.2) is 0 Å². The van der Waals surface area contributed by atoms with Crippen LogP contribution < -0.4 is 5.32 Å². The normalized spacial score (nSPS) is 18.8. The molecule has 1 fully saturated rings. The smallest absolute Gasteiger partial charge is 0.325 e. The van der Waals surface area contributed by atoms with Crippen LogP contribution in [0.25, 0.3) is 0 Å². The highest BCUT2D eigenvalue weighted by molar-refractivity contribution is 5.82. The van der Waals surface area contributed by atoms with E-state index in [1.807, 2.05) is 6.07 Å². The first-order valence-electron chi connectivity index (χ1n) is 3.70. The molecule has 2 amide bonds. The zero-order chi connectivity index (χ0) is 9.84. The number of carbonyl (C=O) groups excluding carboxylic acids is 2. The summed E-state index contributed by atoms with van der Waals surface area (Å²) in [4.78, 5) is 23.0. The molecule has 0 bridgehead atoms. The molecule has 6 heteroatoms. The Morgan fingerprint density at radius 1 is 1.77 bits per heavy atom. The molecule has 0 aliphatic carbocycles. The Hall–Kier alpha value is -1.77. The van der Waals surface area contributed by atoms with Gasteiger partial charge in [-0.15, -0.1) is 0 Å². The van der Waals surface area contributed by atoms with E-state index < -0.39 is 12.0 Å². The minimum absolute atomic E-state index is 0.163. The molecule has 13 heavy (non-hydrogen) atoms. The quantitative estimate of drug-likeness (QED) is 0.443. The fourth-order valence-electron chi connectivity index (χ4n) is 0.796. The van der Waals surface area contributed by atoms with Crippen molar-refractivity contribution in [3.63, 3.8) is 0 Å². The molecule has 0 saturated carbocycles. The van der Waals surface area contributed by atoms with Crippen LogP contribution in [0.1, 0.15) is 0 Å². The number of amides is 2. The summed E-state index contributed by atoms with van der Waals surface area (Å²) < 4.78 is 4.32. The second kappa shape index (κ2) is 3.76. The van der Waals surface area contributed by atoms with Crippen molar-refractivity contribution in [2.24, 2.45) is 0 Å². The molecule has 0 spiro atoms. The molecular weight excluding hydrogens is 174 g/mol. The third kappa shape index (κ3) is 2.33. The zero-order valence-electron chi connectivity index (χ0n) is 7.11. The minimum Gasteiger partial charge on any atom is -0.468 e. The molecule has 1 rings (SSSR count). The van der Waals surface area contributed by atoms with Crippen molar-refractivity contribution < 1.29 is 14.3 Å². The molecular formula is C7H9N3O3. The maximum atomic E-state index is 11.1. The first-order chi connectivity index (χ1) is 6.19. The fourth-order valence-corrected chi connectivity index (χ4v) is 0.796. The second-order valence-electron chi connectivity index (χ2n) is 2.53. The number of methoxy groups -OCH3 is 1. The summed E-state index contributed by atoms with van der Waals surface area (Å²) in [6.45, 7) is 0.271. The molecule has 70 valence electrons. The van der Waals surface area contributed by atoms with E-state index >= 15 is 0 Å². The predicted molar refractivity (Wildman–Crippen MR) is 41.5 cm³/mol. The lowest BCUT2D eigenvalue weighted by atomic mass is 10.5. The maximum Gasteiger partial charge on any atom is 0.325 e. The van der Waals surface area contributed by atoms with Crippen LogP contribution in [0.3, 0.4) is 0 Å². The average molecular weight is 183 g/mol. The van der Waals surface area contributed by atoms with Gasteiger partial charge in [0.05, 0.1) is 19.7 Å². The van der Waals surface area contributed by atoms with Gasteiger partial charge in [-0.1, -0.05) is 0 Å². The molecule has 1 N–H and O–H groups in total. The van der Waals surface area contributed by atoms with E-state index in [1.165, 1.54) is 12.0 Å². The van der Waals surface area contributed by atoms with Crippen molar-refractivity contribution >= 4 is 12.0 Å². The van der Waals surface area contributed by atoms with Crippen LogP contribution in [0.5, 0.6) is 0 Å². The highest BCUT2D eigenvalue weighted by Gasteiger charge is 2.38. The summed E-state index contributed by atoms with van der Waals surface area (Å²) in [6.07, 6.45) is 0. The fraction of sp³-hybridized carbons (Fsp3) is 0.571. The highest BCUT2D eigenvalue weighted by atomic mass is 16.5. The van der Waals surface area contributed by atoms with Gasteiger partial charge in [-0.2, -0.15) is 5.26 Å². The van der Waals surface area contributed by atoms with E-state index in [0.29, 0.717) is 6.54 Å². The maximum absolute atomic E-state index is 11.1. The van der Waals surface area contributed by atoms with Crippen molar-refractivity contribution in [2.75, 3.05) is 20.2 Å². The number of urea groups is 1. The third-order valence-corrected chi connectivity index (χ3v) is 1.63. The minimum atomic E-state index is -0.510. The van der Waals surface area contributed by atoms with Crippen molar-refractivity contribution in [3.8, 4) is 6.07 Å². The second-order valence-corrected chi connectivity index (χ2v) is 2.53. The topological polar surface area (TPSA) is 82.2 Å². The van der Waals surface area contributed by atoms with E-state index in [4.69, 9.17) is 5.26 Å². The van der Waals surface area contributed by atoms with Crippen LogP contribution in [-0.2, 0) is 9.53 Å². The summed E-state index contributed by atoms with van der Waals surface area (Å²) >= 11 is 0. The van der Waals surface area contributed by atoms with Crippen LogP contribution in [0, 0.1) is 11.3 Å². The van der Waals surface area contributed by atoms with Crippen molar-refractivity contribution in [2.45, 2.75) is 6.04 Å². The van der Waals surface area contributed by atoms with Gasteiger partial charge in [0.2, 0.25) is 0 Å². The van der Waals surface area contributed by atoms with Gasteiger partial charge in [-0.05, 0) is 0 Å². The lowest BCUT2D eigenvalue weighted by Gasteiger charge is -2.03. The van der Waals surface area contributed by atoms with Gasteiger partial charge in [-0.3, -0.25) is 4.79 Å². The van der Waals surface area contributed by atoms with E-state index in [9.17, 15) is 9.59 Å². The number of hydrogen-bond donors (Lipinski definition) is 1. The molecule has 1 saturated heterocycles. The largest absolute Gasteiger partial charge is 0.468 e. The predicted octanol–water partition coefficient (Wildman–Crippen LogP) is -0.923. The van der Waals surface area contributed by atoms with Crippen molar-refractivity contribution in [3.05, 3.63) is 0 Å². The first kappa shape index (κ1) is 9.32. The number of esters is 1. The number of nitrogens with zero attached hydrogens (tertiary/aromatic N) is 2. The van der Waals surface area contributed by atoms with Gasteiger partial charge in [0.25, 0.3) is 0 Å². The Morgan fingerprint density at radius 3 is 2.92 bits per heavy atom. The van der Waals surface area contributed by atoms with Gasteiger partial charge in [0.1, 0.15) is 12.6 Å². The Labute approximate surface area is 75.1 Å². The molecule has 6 nitrogen and oxygen atoms in total. The van der Waals surface area contributed by atoms with Gasteiger partial charge in [-0.25, -0.2) is 4.79 Å². The number of ether oxygens (including phenoxy) is 1. The lowest BCUT2D eigenvalue weighted by molar-refractivity contribution is -0.139. The Morgan fingerprint density at radius 2 is 2.46 bits per heavy atom. The average Bonchev–Trinajstić information content (AvgIpc) is 2.92. The van der Waals surface area contributed by atoms with Gasteiger partial charge in [0.15, 0.2) is 0 Å². The number of rotatable bonds is 2. The first-order valence-corrected chi connectivity index (χ1v) is 3.70. The molecule has 1 heterocycles. The molecule has 0 aromatic rings. The SMILES string of the molecule is COC(=O)CNC(=O)N1CC1C#N. The van der Waals surface area contributed by atoms with Crippen LogP contribution in [-0.4, -0.2) is 43.1 Å². The summed E-state index contributed by atoms with van der Waals surface area (Å²) in [7, 11) is 1.24. The van der Waals surface area contributed by atoms with Crippen LogP contribution in [0.2, 0.25) is 0 Å². The number of carbonyl (C=O) groups is 2. The molecule has 1 aliphatic rings. The van der Waals surface area contributed by atoms with Crippen molar-refractivity contribution in [1.29, 1.82) is 5.26 Å². The number of nitrogens with one attached hydrogen (secondary N) is 1. The molecule has 1 aliphatic heterocycles. The third-order valence-electron chi connectivity index (χ3n) is 1.63. The molecule has 1 atom stereocenters. The van der Waals surface area contributed by atoms with Crippen LogP contribution >= 0.6 is 0 Å². The van der Waals surface area contributed by atoms with E-state index in [1.54, 1.807) is 0 Å². The van der Waals surface area contributed by atoms with Crippen molar-refractivity contribution in [1.82, 2.24) is 10.2 Å². The Balaban J connectivity index is 2.21. The van der Waals surface area contributed by atoms with E-state index in [-0.39, 0.29) is 12.6 Å². The number of hydrogen-bond acceptors (Lipinski definition) is 4. The molecule has 0 radical (unpaired) electrons.